The third-order valence-electron chi connectivity index (χ3n) is 2.22. The van der Waals surface area contributed by atoms with Gasteiger partial charge in [0.15, 0.2) is 0 Å². The van der Waals surface area contributed by atoms with Crippen LogP contribution in [0.5, 0.6) is 0 Å². The lowest BCUT2D eigenvalue weighted by molar-refractivity contribution is -0.139. The Morgan fingerprint density at radius 1 is 1.59 bits per heavy atom. The SMILES string of the molecule is C=CCN(CC)C(=O)N[C@H](CCSC)C(=O)O. The molecule has 0 aromatic carbocycles. The van der Waals surface area contributed by atoms with Crippen LogP contribution < -0.4 is 5.32 Å². The minimum Gasteiger partial charge on any atom is -0.480 e. The molecule has 0 unspecified atom stereocenters. The molecule has 0 saturated carbocycles. The Kier molecular flexibility index (Phi) is 8.31. The second-order valence-electron chi connectivity index (χ2n) is 3.45. The minimum atomic E-state index is -0.998. The van der Waals surface area contributed by atoms with Crippen molar-refractivity contribution in [3.63, 3.8) is 0 Å². The third-order valence-corrected chi connectivity index (χ3v) is 2.87. The highest BCUT2D eigenvalue weighted by Gasteiger charge is 2.21. The Balaban J connectivity index is 4.36. The van der Waals surface area contributed by atoms with Gasteiger partial charge in [0.25, 0.3) is 0 Å². The number of carboxylic acids is 1. The summed E-state index contributed by atoms with van der Waals surface area (Å²) in [5.74, 6) is -0.299. The lowest BCUT2D eigenvalue weighted by Gasteiger charge is -2.22. The maximum atomic E-state index is 11.7. The van der Waals surface area contributed by atoms with E-state index >= 15 is 0 Å². The molecule has 0 radical (unpaired) electrons. The molecule has 0 heterocycles. The Bertz CT molecular complexity index is 271. The molecule has 98 valence electrons. The van der Waals surface area contributed by atoms with Gasteiger partial charge in [0.1, 0.15) is 6.04 Å². The fraction of sp³-hybridized carbons (Fsp3) is 0.636. The van der Waals surface area contributed by atoms with Gasteiger partial charge in [0, 0.05) is 13.1 Å². The molecule has 0 aliphatic heterocycles. The van der Waals surface area contributed by atoms with Crippen molar-refractivity contribution in [2.75, 3.05) is 25.1 Å². The average Bonchev–Trinajstić information content (AvgIpc) is 2.30. The highest BCUT2D eigenvalue weighted by atomic mass is 32.2. The summed E-state index contributed by atoms with van der Waals surface area (Å²) in [5.41, 5.74) is 0. The van der Waals surface area contributed by atoms with E-state index in [2.05, 4.69) is 11.9 Å². The van der Waals surface area contributed by atoms with Crippen LogP contribution in [0, 0.1) is 0 Å². The molecule has 0 aromatic heterocycles. The lowest BCUT2D eigenvalue weighted by atomic mass is 10.2. The summed E-state index contributed by atoms with van der Waals surface area (Å²) < 4.78 is 0. The highest BCUT2D eigenvalue weighted by Crippen LogP contribution is 2.02. The molecular weight excluding hydrogens is 240 g/mol. The first-order chi connectivity index (χ1) is 8.06. The zero-order valence-corrected chi connectivity index (χ0v) is 11.1. The van der Waals surface area contributed by atoms with Crippen LogP contribution in [0.2, 0.25) is 0 Å². The number of carbonyl (C=O) groups excluding carboxylic acids is 1. The summed E-state index contributed by atoms with van der Waals surface area (Å²) in [7, 11) is 0. The summed E-state index contributed by atoms with van der Waals surface area (Å²) >= 11 is 1.55. The molecule has 6 heteroatoms. The fourth-order valence-corrected chi connectivity index (χ4v) is 1.72. The molecule has 5 nitrogen and oxygen atoms in total. The number of hydrogen-bond acceptors (Lipinski definition) is 3. The quantitative estimate of drug-likeness (QED) is 0.647. The van der Waals surface area contributed by atoms with Crippen molar-refractivity contribution in [1.29, 1.82) is 0 Å². The van der Waals surface area contributed by atoms with Gasteiger partial charge in [-0.05, 0) is 25.4 Å². The number of thioether (sulfide) groups is 1. The van der Waals surface area contributed by atoms with E-state index in [0.29, 0.717) is 25.3 Å². The maximum Gasteiger partial charge on any atom is 0.326 e. The topological polar surface area (TPSA) is 69.6 Å². The number of carboxylic acid groups (broad SMARTS) is 1. The van der Waals surface area contributed by atoms with E-state index in [1.165, 1.54) is 4.90 Å². The van der Waals surface area contributed by atoms with Gasteiger partial charge in [0.05, 0.1) is 0 Å². The Hall–Kier alpha value is -1.17. The van der Waals surface area contributed by atoms with E-state index in [1.807, 2.05) is 13.2 Å². The van der Waals surface area contributed by atoms with Gasteiger partial charge >= 0.3 is 12.0 Å². The van der Waals surface area contributed by atoms with Crippen molar-refractivity contribution in [3.8, 4) is 0 Å². The summed E-state index contributed by atoms with van der Waals surface area (Å²) in [6, 6.07) is -1.19. The van der Waals surface area contributed by atoms with Crippen molar-refractivity contribution < 1.29 is 14.7 Å². The van der Waals surface area contributed by atoms with Crippen molar-refractivity contribution in [2.45, 2.75) is 19.4 Å². The van der Waals surface area contributed by atoms with Crippen LogP contribution in [0.15, 0.2) is 12.7 Å². The van der Waals surface area contributed by atoms with Crippen LogP contribution in [0.25, 0.3) is 0 Å². The Labute approximate surface area is 106 Å². The largest absolute Gasteiger partial charge is 0.480 e. The van der Waals surface area contributed by atoms with Crippen molar-refractivity contribution in [2.24, 2.45) is 0 Å². The summed E-state index contributed by atoms with van der Waals surface area (Å²) in [4.78, 5) is 24.2. The first-order valence-corrected chi connectivity index (χ1v) is 6.84. The number of aliphatic carboxylic acids is 1. The predicted molar refractivity (Wildman–Crippen MR) is 70.4 cm³/mol. The first-order valence-electron chi connectivity index (χ1n) is 5.44. The van der Waals surface area contributed by atoms with E-state index in [0.717, 1.165) is 0 Å². The van der Waals surface area contributed by atoms with Crippen LogP contribution in [-0.2, 0) is 4.79 Å². The molecule has 0 fully saturated rings. The smallest absolute Gasteiger partial charge is 0.326 e. The second kappa shape index (κ2) is 8.92. The van der Waals surface area contributed by atoms with Gasteiger partial charge in [-0.2, -0.15) is 11.8 Å². The normalized spacial score (nSPS) is 11.6. The number of nitrogens with one attached hydrogen (secondary N) is 1. The average molecular weight is 260 g/mol. The molecule has 0 saturated heterocycles. The monoisotopic (exact) mass is 260 g/mol. The van der Waals surface area contributed by atoms with Gasteiger partial charge in [-0.1, -0.05) is 6.08 Å². The van der Waals surface area contributed by atoms with Crippen LogP contribution >= 0.6 is 11.8 Å². The lowest BCUT2D eigenvalue weighted by Crippen LogP contribution is -2.48. The number of carbonyl (C=O) groups is 2. The van der Waals surface area contributed by atoms with Gasteiger partial charge < -0.3 is 15.3 Å². The van der Waals surface area contributed by atoms with E-state index in [9.17, 15) is 9.59 Å². The van der Waals surface area contributed by atoms with E-state index in [1.54, 1.807) is 17.8 Å². The second-order valence-corrected chi connectivity index (χ2v) is 4.43. The van der Waals surface area contributed by atoms with E-state index in [-0.39, 0.29) is 6.03 Å². The molecule has 0 aliphatic carbocycles. The van der Waals surface area contributed by atoms with Crippen LogP contribution in [0.3, 0.4) is 0 Å². The molecule has 0 spiro atoms. The van der Waals surface area contributed by atoms with Crippen molar-refractivity contribution in [3.05, 3.63) is 12.7 Å². The number of rotatable bonds is 8. The van der Waals surface area contributed by atoms with E-state index in [4.69, 9.17) is 5.11 Å². The zero-order chi connectivity index (χ0) is 13.3. The number of hydrogen-bond donors (Lipinski definition) is 2. The van der Waals surface area contributed by atoms with Crippen molar-refractivity contribution in [1.82, 2.24) is 10.2 Å². The summed E-state index contributed by atoms with van der Waals surface area (Å²) in [5, 5.41) is 11.5. The van der Waals surface area contributed by atoms with E-state index < -0.39 is 12.0 Å². The predicted octanol–water partition coefficient (Wildman–Crippen LogP) is 1.41. The van der Waals surface area contributed by atoms with Gasteiger partial charge in [-0.25, -0.2) is 9.59 Å². The zero-order valence-electron chi connectivity index (χ0n) is 10.3. The Morgan fingerprint density at radius 3 is 2.65 bits per heavy atom. The molecule has 2 N–H and O–H groups in total. The van der Waals surface area contributed by atoms with Crippen LogP contribution in [0.4, 0.5) is 4.79 Å². The molecule has 0 bridgehead atoms. The summed E-state index contributed by atoms with van der Waals surface area (Å²) in [6.07, 6.45) is 3.94. The molecule has 0 aromatic rings. The maximum absolute atomic E-state index is 11.7. The first kappa shape index (κ1) is 15.8. The molecular formula is C11H20N2O3S. The van der Waals surface area contributed by atoms with Gasteiger partial charge in [-0.3, -0.25) is 0 Å². The fourth-order valence-electron chi connectivity index (χ4n) is 1.24. The number of amides is 2. The van der Waals surface area contributed by atoms with Crippen molar-refractivity contribution >= 4 is 23.8 Å². The standard InChI is InChI=1S/C11H20N2O3S/c1-4-7-13(5-2)11(16)12-9(10(14)15)6-8-17-3/h4,9H,1,5-8H2,2-3H3,(H,12,16)(H,14,15)/t9-/m1/s1. The summed E-state index contributed by atoms with van der Waals surface area (Å²) in [6.45, 7) is 6.32. The van der Waals surface area contributed by atoms with Gasteiger partial charge in [0.2, 0.25) is 0 Å². The minimum absolute atomic E-state index is 0.360. The number of nitrogens with zero attached hydrogens (tertiary/aromatic N) is 1. The van der Waals surface area contributed by atoms with Crippen LogP contribution in [-0.4, -0.2) is 53.1 Å². The number of likely N-dealkylation sites (N-methyl/N-ethyl adjacent to an activating group) is 1. The third kappa shape index (κ3) is 6.21. The Morgan fingerprint density at radius 2 is 2.24 bits per heavy atom. The van der Waals surface area contributed by atoms with Crippen LogP contribution in [0.1, 0.15) is 13.3 Å². The van der Waals surface area contributed by atoms with Gasteiger partial charge in [-0.15, -0.1) is 6.58 Å². The molecule has 0 aliphatic rings. The molecule has 2 amide bonds. The molecule has 0 rings (SSSR count). The number of urea groups is 1. The highest BCUT2D eigenvalue weighted by molar-refractivity contribution is 7.98. The molecule has 1 atom stereocenters. The molecule has 17 heavy (non-hydrogen) atoms.